The lowest BCUT2D eigenvalue weighted by Gasteiger charge is -2.42. The Bertz CT molecular complexity index is 492. The van der Waals surface area contributed by atoms with E-state index in [9.17, 15) is 9.50 Å². The van der Waals surface area contributed by atoms with E-state index in [1.165, 1.54) is 12.1 Å². The Morgan fingerprint density at radius 1 is 1.24 bits per heavy atom. The first-order chi connectivity index (χ1) is 10.2. The first-order valence-electron chi connectivity index (χ1n) is 7.36. The Balaban J connectivity index is 1.68. The molecule has 2 unspecified atom stereocenters. The fourth-order valence-corrected chi connectivity index (χ4v) is 3.12. The molecule has 2 heterocycles. The van der Waals surface area contributed by atoms with Crippen molar-refractivity contribution in [3.05, 3.63) is 29.6 Å². The summed E-state index contributed by atoms with van der Waals surface area (Å²) in [6.07, 6.45) is -0.728. The molecule has 6 heteroatoms. The summed E-state index contributed by atoms with van der Waals surface area (Å²) in [5.74, 6) is 0.212. The first-order valence-corrected chi connectivity index (χ1v) is 7.36. The number of halogens is 1. The zero-order valence-corrected chi connectivity index (χ0v) is 11.9. The summed E-state index contributed by atoms with van der Waals surface area (Å²) in [5, 5.41) is 19.5. The maximum atomic E-state index is 13.4. The summed E-state index contributed by atoms with van der Waals surface area (Å²) in [6.45, 7) is 4.62. The predicted octanol–water partition coefficient (Wildman–Crippen LogP) is 0.230. The highest BCUT2D eigenvalue weighted by molar-refractivity contribution is 5.38. The quantitative estimate of drug-likeness (QED) is 0.836. The van der Waals surface area contributed by atoms with E-state index in [0.717, 1.165) is 26.2 Å². The molecule has 0 saturated carbocycles. The molecule has 2 aliphatic rings. The molecule has 1 saturated heterocycles. The second-order valence-corrected chi connectivity index (χ2v) is 5.61. The Hall–Kier alpha value is -1.21. The third-order valence-corrected chi connectivity index (χ3v) is 4.36. The molecule has 1 aromatic carbocycles. The van der Waals surface area contributed by atoms with E-state index in [-0.39, 0.29) is 18.5 Å². The topological polar surface area (TPSA) is 56.2 Å². The monoisotopic (exact) mass is 296 g/mol. The molecule has 2 aliphatic heterocycles. The Kier molecular flexibility index (Phi) is 4.40. The molecule has 0 radical (unpaired) electrons. The molecule has 21 heavy (non-hydrogen) atoms. The van der Waals surface area contributed by atoms with Gasteiger partial charge < -0.3 is 14.9 Å². The van der Waals surface area contributed by atoms with Crippen LogP contribution < -0.4 is 4.74 Å². The van der Waals surface area contributed by atoms with Crippen LogP contribution in [0.2, 0.25) is 0 Å². The van der Waals surface area contributed by atoms with Crippen LogP contribution in [0.5, 0.6) is 5.75 Å². The summed E-state index contributed by atoms with van der Waals surface area (Å²) in [5.41, 5.74) is 0.532. The minimum absolute atomic E-state index is 0.143. The van der Waals surface area contributed by atoms with E-state index in [0.29, 0.717) is 24.5 Å². The zero-order valence-electron chi connectivity index (χ0n) is 11.9. The Labute approximate surface area is 123 Å². The number of fused-ring (bicyclic) bond motifs is 1. The number of benzene rings is 1. The average molecular weight is 296 g/mol. The molecule has 0 spiro atoms. The molecular formula is C15H21FN2O3. The van der Waals surface area contributed by atoms with Gasteiger partial charge in [0.2, 0.25) is 0 Å². The second-order valence-electron chi connectivity index (χ2n) is 5.61. The minimum atomic E-state index is -0.728. The van der Waals surface area contributed by atoms with Gasteiger partial charge in [-0.25, -0.2) is 4.39 Å². The number of aliphatic hydroxyl groups excluding tert-OH is 2. The number of hydrogen-bond acceptors (Lipinski definition) is 5. The summed E-state index contributed by atoms with van der Waals surface area (Å²) >= 11 is 0. The van der Waals surface area contributed by atoms with E-state index < -0.39 is 6.10 Å². The highest BCUT2D eigenvalue weighted by Crippen LogP contribution is 2.34. The summed E-state index contributed by atoms with van der Waals surface area (Å²) in [6, 6.07) is 4.13. The van der Waals surface area contributed by atoms with Crippen LogP contribution in [0, 0.1) is 5.82 Å². The van der Waals surface area contributed by atoms with E-state index >= 15 is 0 Å². The maximum absolute atomic E-state index is 13.4. The van der Waals surface area contributed by atoms with Crippen molar-refractivity contribution in [2.45, 2.75) is 12.1 Å². The van der Waals surface area contributed by atoms with Gasteiger partial charge in [0, 0.05) is 38.3 Å². The maximum Gasteiger partial charge on any atom is 0.125 e. The van der Waals surface area contributed by atoms with Crippen molar-refractivity contribution in [3.63, 3.8) is 0 Å². The molecular weight excluding hydrogens is 275 g/mol. The summed E-state index contributed by atoms with van der Waals surface area (Å²) in [7, 11) is 0. The molecule has 0 amide bonds. The second kappa shape index (κ2) is 6.27. The molecule has 5 nitrogen and oxygen atoms in total. The summed E-state index contributed by atoms with van der Waals surface area (Å²) < 4.78 is 19.0. The van der Waals surface area contributed by atoms with Gasteiger partial charge in [-0.15, -0.1) is 0 Å². The van der Waals surface area contributed by atoms with Crippen LogP contribution in [0.3, 0.4) is 0 Å². The fourth-order valence-electron chi connectivity index (χ4n) is 3.12. The largest absolute Gasteiger partial charge is 0.491 e. The van der Waals surface area contributed by atoms with E-state index in [4.69, 9.17) is 9.84 Å². The molecule has 2 atom stereocenters. The molecule has 0 aliphatic carbocycles. The molecule has 1 aromatic rings. The highest BCUT2D eigenvalue weighted by Gasteiger charge is 2.35. The van der Waals surface area contributed by atoms with Gasteiger partial charge in [-0.3, -0.25) is 9.80 Å². The van der Waals surface area contributed by atoms with E-state index in [1.54, 1.807) is 6.07 Å². The number of hydrogen-bond donors (Lipinski definition) is 2. The molecule has 1 fully saturated rings. The smallest absolute Gasteiger partial charge is 0.125 e. The van der Waals surface area contributed by atoms with Crippen LogP contribution in [0.4, 0.5) is 4.39 Å². The molecule has 116 valence electrons. The number of piperazine rings is 1. The van der Waals surface area contributed by atoms with Crippen LogP contribution in [0.15, 0.2) is 18.2 Å². The first kappa shape index (κ1) is 14.7. The Morgan fingerprint density at radius 3 is 2.71 bits per heavy atom. The number of β-amino-alcohol motifs (C(OH)–C–C–N with tert-alkyl or cyclic N) is 1. The van der Waals surface area contributed by atoms with Gasteiger partial charge in [-0.2, -0.15) is 0 Å². The van der Waals surface area contributed by atoms with Crippen LogP contribution >= 0.6 is 0 Å². The van der Waals surface area contributed by atoms with Crippen LogP contribution in [-0.4, -0.2) is 72.0 Å². The Morgan fingerprint density at radius 2 is 2.00 bits per heavy atom. The van der Waals surface area contributed by atoms with Crippen molar-refractivity contribution in [2.75, 3.05) is 45.9 Å². The normalized spacial score (nSPS) is 27.2. The van der Waals surface area contributed by atoms with Crippen molar-refractivity contribution >= 4 is 0 Å². The van der Waals surface area contributed by atoms with Crippen LogP contribution in [-0.2, 0) is 0 Å². The average Bonchev–Trinajstić information content (AvgIpc) is 2.50. The minimum Gasteiger partial charge on any atom is -0.491 e. The van der Waals surface area contributed by atoms with Gasteiger partial charge in [-0.1, -0.05) is 0 Å². The van der Waals surface area contributed by atoms with Crippen molar-refractivity contribution in [1.29, 1.82) is 0 Å². The SMILES string of the molecule is OCCN1CCN(C2COc3ccc(F)cc3C2O)CC1. The van der Waals surface area contributed by atoms with Gasteiger partial charge >= 0.3 is 0 Å². The van der Waals surface area contributed by atoms with Gasteiger partial charge in [0.05, 0.1) is 12.6 Å². The van der Waals surface area contributed by atoms with Gasteiger partial charge in [0.15, 0.2) is 0 Å². The fraction of sp³-hybridized carbons (Fsp3) is 0.600. The van der Waals surface area contributed by atoms with Crippen LogP contribution in [0.25, 0.3) is 0 Å². The lowest BCUT2D eigenvalue weighted by molar-refractivity contribution is -0.0189. The number of ether oxygens (including phenoxy) is 1. The van der Waals surface area contributed by atoms with Gasteiger partial charge in [0.25, 0.3) is 0 Å². The van der Waals surface area contributed by atoms with Gasteiger partial charge in [-0.05, 0) is 18.2 Å². The lowest BCUT2D eigenvalue weighted by atomic mass is 9.97. The van der Waals surface area contributed by atoms with Gasteiger partial charge in [0.1, 0.15) is 24.3 Å². The van der Waals surface area contributed by atoms with Crippen molar-refractivity contribution < 1.29 is 19.3 Å². The molecule has 0 bridgehead atoms. The lowest BCUT2D eigenvalue weighted by Crippen LogP contribution is -2.54. The predicted molar refractivity (Wildman–Crippen MR) is 75.7 cm³/mol. The number of rotatable bonds is 3. The summed E-state index contributed by atoms with van der Waals surface area (Å²) in [4.78, 5) is 4.38. The number of aliphatic hydroxyl groups is 2. The van der Waals surface area contributed by atoms with Crippen LogP contribution in [0.1, 0.15) is 11.7 Å². The standard InChI is InChI=1S/C15H21FN2O3/c16-11-1-2-14-12(9-11)15(20)13(10-21-14)18-5-3-17(4-6-18)7-8-19/h1-2,9,13,15,19-20H,3-8,10H2. The molecule has 2 N–H and O–H groups in total. The number of nitrogens with zero attached hydrogens (tertiary/aromatic N) is 2. The van der Waals surface area contributed by atoms with Crippen molar-refractivity contribution in [2.24, 2.45) is 0 Å². The van der Waals surface area contributed by atoms with Crippen molar-refractivity contribution in [3.8, 4) is 5.75 Å². The van der Waals surface area contributed by atoms with E-state index in [2.05, 4.69) is 9.80 Å². The zero-order chi connectivity index (χ0) is 14.8. The third-order valence-electron chi connectivity index (χ3n) is 4.36. The molecule has 3 rings (SSSR count). The van der Waals surface area contributed by atoms with Crippen molar-refractivity contribution in [1.82, 2.24) is 9.80 Å². The highest BCUT2D eigenvalue weighted by atomic mass is 19.1. The third kappa shape index (κ3) is 3.03. The van der Waals surface area contributed by atoms with E-state index in [1.807, 2.05) is 0 Å². The molecule has 0 aromatic heterocycles.